The summed E-state index contributed by atoms with van der Waals surface area (Å²) in [5.41, 5.74) is 5.73. The molecule has 0 aliphatic rings. The number of hydrogen-bond acceptors (Lipinski definition) is 3. The van der Waals surface area contributed by atoms with Gasteiger partial charge >= 0.3 is 5.97 Å². The molecule has 1 unspecified atom stereocenters. The highest BCUT2D eigenvalue weighted by molar-refractivity contribution is 5.88. The van der Waals surface area contributed by atoms with Gasteiger partial charge in [0, 0.05) is 5.57 Å². The maximum atomic E-state index is 11.1. The predicted octanol–water partition coefficient (Wildman–Crippen LogP) is 1.21. The minimum atomic E-state index is -0.743. The van der Waals surface area contributed by atoms with Crippen LogP contribution in [-0.4, -0.2) is 12.2 Å². The second-order valence-electron chi connectivity index (χ2n) is 2.79. The van der Waals surface area contributed by atoms with Gasteiger partial charge < -0.3 is 4.74 Å². The number of nitrogens with two attached hydrogens (primary N) is 1. The molecule has 0 aromatic rings. The Hall–Kier alpha value is -1.09. The molecule has 3 nitrogen and oxygen atoms in total. The van der Waals surface area contributed by atoms with Crippen molar-refractivity contribution in [1.29, 1.82) is 0 Å². The van der Waals surface area contributed by atoms with Crippen LogP contribution in [-0.2, 0) is 9.53 Å². The summed E-state index contributed by atoms with van der Waals surface area (Å²) in [4.78, 5) is 11.1. The smallest absolute Gasteiger partial charge is 0.335 e. The Labute approximate surface area is 72.9 Å². The summed E-state index contributed by atoms with van der Waals surface area (Å²) in [6, 6.07) is 0. The molecule has 3 heteroatoms. The maximum Gasteiger partial charge on any atom is 0.335 e. The second-order valence-corrected chi connectivity index (χ2v) is 2.79. The molecule has 0 aromatic heterocycles. The van der Waals surface area contributed by atoms with Gasteiger partial charge in [-0.15, -0.1) is 0 Å². The summed E-state index contributed by atoms with van der Waals surface area (Å²) in [5.74, 6) is -0.382. The van der Waals surface area contributed by atoms with Crippen LogP contribution >= 0.6 is 0 Å². The number of carbonyl (C=O) groups excluding carboxylic acids is 1. The van der Waals surface area contributed by atoms with Crippen molar-refractivity contribution >= 4 is 5.97 Å². The molecule has 0 amide bonds. The zero-order valence-electron chi connectivity index (χ0n) is 7.54. The van der Waals surface area contributed by atoms with Crippen LogP contribution in [0.25, 0.3) is 0 Å². The number of ether oxygens (including phenoxy) is 1. The van der Waals surface area contributed by atoms with E-state index in [-0.39, 0.29) is 5.92 Å². The van der Waals surface area contributed by atoms with E-state index in [4.69, 9.17) is 10.5 Å². The summed E-state index contributed by atoms with van der Waals surface area (Å²) in [5, 5.41) is 0. The lowest BCUT2D eigenvalue weighted by Gasteiger charge is -2.11. The first-order valence-electron chi connectivity index (χ1n) is 3.77. The zero-order chi connectivity index (χ0) is 9.72. The Morgan fingerprint density at radius 1 is 1.58 bits per heavy atom. The van der Waals surface area contributed by atoms with Crippen molar-refractivity contribution in [2.24, 2.45) is 11.7 Å². The molecule has 2 N–H and O–H groups in total. The fourth-order valence-electron chi connectivity index (χ4n) is 0.483. The lowest BCUT2D eigenvalue weighted by Crippen LogP contribution is -2.26. The molecular weight excluding hydrogens is 154 g/mol. The molecule has 1 atom stereocenters. The fourth-order valence-corrected chi connectivity index (χ4v) is 0.483. The van der Waals surface area contributed by atoms with Crippen molar-refractivity contribution in [1.82, 2.24) is 0 Å². The summed E-state index contributed by atoms with van der Waals surface area (Å²) < 4.78 is 4.74. The maximum absolute atomic E-state index is 11.1. The summed E-state index contributed by atoms with van der Waals surface area (Å²) >= 11 is 0. The predicted molar refractivity (Wildman–Crippen MR) is 48.2 cm³/mol. The van der Waals surface area contributed by atoms with E-state index in [2.05, 4.69) is 13.2 Å². The third-order valence-corrected chi connectivity index (χ3v) is 1.43. The van der Waals surface area contributed by atoms with Crippen LogP contribution in [0.2, 0.25) is 0 Å². The van der Waals surface area contributed by atoms with Gasteiger partial charge in [0.1, 0.15) is 0 Å². The van der Waals surface area contributed by atoms with E-state index in [9.17, 15) is 4.79 Å². The molecule has 0 heterocycles. The second kappa shape index (κ2) is 4.72. The van der Waals surface area contributed by atoms with E-state index in [0.29, 0.717) is 5.57 Å². The van der Waals surface area contributed by atoms with E-state index in [0.717, 1.165) is 0 Å². The molecule has 0 aromatic carbocycles. The minimum Gasteiger partial charge on any atom is -0.440 e. The zero-order valence-corrected chi connectivity index (χ0v) is 7.54. The largest absolute Gasteiger partial charge is 0.440 e. The third-order valence-electron chi connectivity index (χ3n) is 1.43. The molecular formula is C9H15NO2. The SMILES string of the molecule is C=CC(N)OC(=O)C(=C)C(C)C. The van der Waals surface area contributed by atoms with Crippen molar-refractivity contribution in [3.05, 3.63) is 24.8 Å². The standard InChI is InChI=1S/C9H15NO2/c1-5-8(10)12-9(11)7(4)6(2)3/h5-6,8H,1,4,10H2,2-3H3. The Balaban J connectivity index is 4.04. The summed E-state index contributed by atoms with van der Waals surface area (Å²) in [7, 11) is 0. The van der Waals surface area contributed by atoms with Crippen molar-refractivity contribution < 1.29 is 9.53 Å². The van der Waals surface area contributed by atoms with Gasteiger partial charge in [-0.05, 0) is 12.0 Å². The minimum absolute atomic E-state index is 0.0783. The van der Waals surface area contributed by atoms with Crippen molar-refractivity contribution in [3.63, 3.8) is 0 Å². The molecule has 0 rings (SSSR count). The number of hydrogen-bond donors (Lipinski definition) is 1. The van der Waals surface area contributed by atoms with E-state index in [1.807, 2.05) is 13.8 Å². The van der Waals surface area contributed by atoms with Crippen LogP contribution in [0.1, 0.15) is 13.8 Å². The average Bonchev–Trinajstić information content (AvgIpc) is 2.02. The number of rotatable bonds is 4. The van der Waals surface area contributed by atoms with Gasteiger partial charge in [-0.25, -0.2) is 4.79 Å². The lowest BCUT2D eigenvalue weighted by molar-refractivity contribution is -0.142. The highest BCUT2D eigenvalue weighted by Crippen LogP contribution is 2.08. The molecule has 0 aliphatic carbocycles. The van der Waals surface area contributed by atoms with E-state index >= 15 is 0 Å². The Bertz CT molecular complexity index is 197. The van der Waals surface area contributed by atoms with Gasteiger partial charge in [-0.3, -0.25) is 5.73 Å². The molecule has 0 saturated heterocycles. The van der Waals surface area contributed by atoms with Gasteiger partial charge in [-0.1, -0.05) is 27.0 Å². The van der Waals surface area contributed by atoms with Crippen molar-refractivity contribution in [2.45, 2.75) is 20.1 Å². The quantitative estimate of drug-likeness (QED) is 0.298. The highest BCUT2D eigenvalue weighted by Gasteiger charge is 2.13. The Morgan fingerprint density at radius 2 is 2.08 bits per heavy atom. The van der Waals surface area contributed by atoms with Gasteiger partial charge in [0.25, 0.3) is 0 Å². The van der Waals surface area contributed by atoms with Gasteiger partial charge in [0.05, 0.1) is 0 Å². The average molecular weight is 169 g/mol. The molecule has 68 valence electrons. The highest BCUT2D eigenvalue weighted by atomic mass is 16.6. The van der Waals surface area contributed by atoms with E-state index < -0.39 is 12.2 Å². The van der Waals surface area contributed by atoms with Crippen LogP contribution in [0.3, 0.4) is 0 Å². The van der Waals surface area contributed by atoms with Gasteiger partial charge in [0.15, 0.2) is 6.23 Å². The van der Waals surface area contributed by atoms with Gasteiger partial charge in [-0.2, -0.15) is 0 Å². The molecule has 0 fully saturated rings. The summed E-state index contributed by atoms with van der Waals surface area (Å²) in [6.07, 6.45) is 0.610. The lowest BCUT2D eigenvalue weighted by atomic mass is 10.1. The molecule has 0 saturated carbocycles. The van der Waals surface area contributed by atoms with E-state index in [1.54, 1.807) is 0 Å². The topological polar surface area (TPSA) is 52.3 Å². The first-order chi connectivity index (χ1) is 5.49. The van der Waals surface area contributed by atoms with Gasteiger partial charge in [0.2, 0.25) is 0 Å². The molecule has 0 spiro atoms. The van der Waals surface area contributed by atoms with Crippen LogP contribution in [0, 0.1) is 5.92 Å². The van der Waals surface area contributed by atoms with Crippen molar-refractivity contribution in [3.8, 4) is 0 Å². The van der Waals surface area contributed by atoms with Crippen LogP contribution in [0.5, 0.6) is 0 Å². The first-order valence-corrected chi connectivity index (χ1v) is 3.77. The fraction of sp³-hybridized carbons (Fsp3) is 0.444. The van der Waals surface area contributed by atoms with Crippen molar-refractivity contribution in [2.75, 3.05) is 0 Å². The normalized spacial score (nSPS) is 12.3. The molecule has 0 bridgehead atoms. The Morgan fingerprint density at radius 3 is 2.42 bits per heavy atom. The number of carbonyl (C=O) groups is 1. The molecule has 0 aliphatic heterocycles. The monoisotopic (exact) mass is 169 g/mol. The molecule has 0 radical (unpaired) electrons. The van der Waals surface area contributed by atoms with E-state index in [1.165, 1.54) is 6.08 Å². The first kappa shape index (κ1) is 10.9. The summed E-state index contributed by atoms with van der Waals surface area (Å²) in [6.45, 7) is 10.7. The number of esters is 1. The Kier molecular flexibility index (Phi) is 4.29. The van der Waals surface area contributed by atoms with Crippen LogP contribution < -0.4 is 5.73 Å². The third kappa shape index (κ3) is 3.34. The van der Waals surface area contributed by atoms with Crippen LogP contribution in [0.15, 0.2) is 24.8 Å². The molecule has 12 heavy (non-hydrogen) atoms. The van der Waals surface area contributed by atoms with Crippen LogP contribution in [0.4, 0.5) is 0 Å².